The van der Waals surface area contributed by atoms with Crippen LogP contribution in [-0.2, 0) is 0 Å². The lowest BCUT2D eigenvalue weighted by atomic mass is 10.2. The van der Waals surface area contributed by atoms with Crippen LogP contribution in [0.1, 0.15) is 5.56 Å². The van der Waals surface area contributed by atoms with E-state index in [-0.39, 0.29) is 0 Å². The van der Waals surface area contributed by atoms with E-state index in [0.717, 1.165) is 15.8 Å². The zero-order valence-corrected chi connectivity index (χ0v) is 9.95. The van der Waals surface area contributed by atoms with Crippen LogP contribution in [0.3, 0.4) is 0 Å². The highest BCUT2D eigenvalue weighted by Crippen LogP contribution is 2.19. The molecule has 0 unspecified atom stereocenters. The molecule has 0 aliphatic rings. The van der Waals surface area contributed by atoms with Crippen LogP contribution in [0.5, 0.6) is 0 Å². The molecule has 2 rings (SSSR count). The monoisotopic (exact) mass is 262 g/mol. The summed E-state index contributed by atoms with van der Waals surface area (Å²) in [5.41, 5.74) is 3.31. The lowest BCUT2D eigenvalue weighted by Crippen LogP contribution is -1.90. The Kier molecular flexibility index (Phi) is 3.02. The maximum atomic E-state index is 4.09. The van der Waals surface area contributed by atoms with Crippen molar-refractivity contribution in [3.05, 3.63) is 52.8 Å². The third-order valence-electron chi connectivity index (χ3n) is 2.05. The van der Waals surface area contributed by atoms with Crippen molar-refractivity contribution in [2.24, 2.45) is 0 Å². The van der Waals surface area contributed by atoms with Gasteiger partial charge in [-0.2, -0.15) is 0 Å². The van der Waals surface area contributed by atoms with E-state index >= 15 is 0 Å². The topological polar surface area (TPSA) is 24.9 Å². The van der Waals surface area contributed by atoms with Gasteiger partial charge in [0, 0.05) is 16.4 Å². The van der Waals surface area contributed by atoms with E-state index in [9.17, 15) is 0 Å². The van der Waals surface area contributed by atoms with Gasteiger partial charge in [-0.15, -0.1) is 0 Å². The molecule has 0 saturated carbocycles. The number of rotatable bonds is 2. The number of hydrogen-bond donors (Lipinski definition) is 1. The molecule has 0 aliphatic heterocycles. The summed E-state index contributed by atoms with van der Waals surface area (Å²) in [5.74, 6) is 0. The number of halogens is 1. The molecule has 15 heavy (non-hydrogen) atoms. The first-order chi connectivity index (χ1) is 7.24. The minimum atomic E-state index is 0.972. The van der Waals surface area contributed by atoms with Gasteiger partial charge in [0.15, 0.2) is 0 Å². The molecule has 0 amide bonds. The first-order valence-electron chi connectivity index (χ1n) is 4.68. The summed E-state index contributed by atoms with van der Waals surface area (Å²) in [7, 11) is 0. The largest absolute Gasteiger partial charge is 0.354 e. The summed E-state index contributed by atoms with van der Waals surface area (Å²) in [6, 6.07) is 10.3. The maximum absolute atomic E-state index is 4.09. The molecule has 1 aromatic heterocycles. The standard InChI is InChI=1S/C12H11BrN2/c1-9-2-4-11(5-3-9)15-12-6-10(13)7-14-8-12/h2-8,15H,1H3. The summed E-state index contributed by atoms with van der Waals surface area (Å²) in [4.78, 5) is 4.09. The molecule has 0 aliphatic carbocycles. The molecule has 2 aromatic rings. The zero-order chi connectivity index (χ0) is 10.7. The summed E-state index contributed by atoms with van der Waals surface area (Å²) < 4.78 is 0.972. The molecule has 0 spiro atoms. The molecular formula is C12H11BrN2. The number of nitrogens with zero attached hydrogens (tertiary/aromatic N) is 1. The highest BCUT2D eigenvalue weighted by molar-refractivity contribution is 9.10. The van der Waals surface area contributed by atoms with Gasteiger partial charge >= 0.3 is 0 Å². The van der Waals surface area contributed by atoms with Crippen LogP contribution in [0.25, 0.3) is 0 Å². The van der Waals surface area contributed by atoms with Crippen LogP contribution in [0.15, 0.2) is 47.2 Å². The SMILES string of the molecule is Cc1ccc(Nc2cncc(Br)c2)cc1. The van der Waals surface area contributed by atoms with Crippen LogP contribution >= 0.6 is 15.9 Å². The van der Waals surface area contributed by atoms with Crippen molar-refractivity contribution in [2.75, 3.05) is 5.32 Å². The van der Waals surface area contributed by atoms with Gasteiger partial charge in [-0.1, -0.05) is 17.7 Å². The summed E-state index contributed by atoms with van der Waals surface area (Å²) >= 11 is 3.38. The number of anilines is 2. The van der Waals surface area contributed by atoms with E-state index in [1.807, 2.05) is 6.07 Å². The van der Waals surface area contributed by atoms with Crippen LogP contribution in [0, 0.1) is 6.92 Å². The van der Waals surface area contributed by atoms with Crippen LogP contribution in [-0.4, -0.2) is 4.98 Å². The third-order valence-corrected chi connectivity index (χ3v) is 2.48. The molecule has 3 heteroatoms. The molecule has 0 radical (unpaired) electrons. The van der Waals surface area contributed by atoms with Gasteiger partial charge in [0.1, 0.15) is 0 Å². The fraction of sp³-hybridized carbons (Fsp3) is 0.0833. The van der Waals surface area contributed by atoms with Crippen molar-refractivity contribution in [2.45, 2.75) is 6.92 Å². The quantitative estimate of drug-likeness (QED) is 0.888. The van der Waals surface area contributed by atoms with Crippen molar-refractivity contribution >= 4 is 27.3 Å². The highest BCUT2D eigenvalue weighted by atomic mass is 79.9. The van der Waals surface area contributed by atoms with Gasteiger partial charge < -0.3 is 5.32 Å². The molecule has 0 saturated heterocycles. The van der Waals surface area contributed by atoms with Crippen LogP contribution < -0.4 is 5.32 Å². The van der Waals surface area contributed by atoms with Gasteiger partial charge in [0.25, 0.3) is 0 Å². The molecule has 1 heterocycles. The van der Waals surface area contributed by atoms with Crippen LogP contribution in [0.2, 0.25) is 0 Å². The van der Waals surface area contributed by atoms with E-state index in [2.05, 4.69) is 57.4 Å². The van der Waals surface area contributed by atoms with E-state index in [1.165, 1.54) is 5.56 Å². The number of aromatic nitrogens is 1. The molecule has 76 valence electrons. The van der Waals surface area contributed by atoms with Gasteiger partial charge in [-0.05, 0) is 41.1 Å². The van der Waals surface area contributed by atoms with Gasteiger partial charge in [-0.3, -0.25) is 4.98 Å². The maximum Gasteiger partial charge on any atom is 0.0582 e. The number of benzene rings is 1. The Morgan fingerprint density at radius 2 is 1.80 bits per heavy atom. The number of aryl methyl sites for hydroxylation is 1. The van der Waals surface area contributed by atoms with Crippen LogP contribution in [0.4, 0.5) is 11.4 Å². The number of nitrogens with one attached hydrogen (secondary N) is 1. The van der Waals surface area contributed by atoms with Gasteiger partial charge in [0.05, 0.1) is 11.9 Å². The van der Waals surface area contributed by atoms with E-state index in [0.29, 0.717) is 0 Å². The second-order valence-corrected chi connectivity index (χ2v) is 4.30. The van der Waals surface area contributed by atoms with Crippen molar-refractivity contribution in [3.8, 4) is 0 Å². The molecule has 2 nitrogen and oxygen atoms in total. The van der Waals surface area contributed by atoms with Gasteiger partial charge in [0.2, 0.25) is 0 Å². The molecule has 1 N–H and O–H groups in total. The summed E-state index contributed by atoms with van der Waals surface area (Å²) in [6.45, 7) is 2.07. The Morgan fingerprint density at radius 3 is 2.47 bits per heavy atom. The van der Waals surface area contributed by atoms with Gasteiger partial charge in [-0.25, -0.2) is 0 Å². The molecule has 0 atom stereocenters. The Balaban J connectivity index is 2.18. The Hall–Kier alpha value is -1.35. The van der Waals surface area contributed by atoms with E-state index in [4.69, 9.17) is 0 Å². The Bertz CT molecular complexity index is 451. The van der Waals surface area contributed by atoms with Crippen molar-refractivity contribution in [1.82, 2.24) is 4.98 Å². The smallest absolute Gasteiger partial charge is 0.0582 e. The number of pyridine rings is 1. The third kappa shape index (κ3) is 2.80. The zero-order valence-electron chi connectivity index (χ0n) is 8.37. The molecule has 0 fully saturated rings. The summed E-state index contributed by atoms with van der Waals surface area (Å²) in [6.07, 6.45) is 3.56. The number of hydrogen-bond acceptors (Lipinski definition) is 2. The Labute approximate surface area is 97.5 Å². The van der Waals surface area contributed by atoms with E-state index < -0.39 is 0 Å². The van der Waals surface area contributed by atoms with Crippen molar-refractivity contribution in [3.63, 3.8) is 0 Å². The second kappa shape index (κ2) is 4.45. The predicted molar refractivity (Wildman–Crippen MR) is 66.4 cm³/mol. The lowest BCUT2D eigenvalue weighted by molar-refractivity contribution is 1.30. The minimum absolute atomic E-state index is 0.972. The van der Waals surface area contributed by atoms with Crippen molar-refractivity contribution < 1.29 is 0 Å². The molecule has 1 aromatic carbocycles. The molecule has 0 bridgehead atoms. The normalized spacial score (nSPS) is 10.0. The lowest BCUT2D eigenvalue weighted by Gasteiger charge is -2.06. The fourth-order valence-corrected chi connectivity index (χ4v) is 1.65. The highest BCUT2D eigenvalue weighted by Gasteiger charge is 1.95. The van der Waals surface area contributed by atoms with E-state index in [1.54, 1.807) is 12.4 Å². The Morgan fingerprint density at radius 1 is 1.07 bits per heavy atom. The van der Waals surface area contributed by atoms with Crippen molar-refractivity contribution in [1.29, 1.82) is 0 Å². The average Bonchev–Trinajstić information content (AvgIpc) is 2.22. The predicted octanol–water partition coefficient (Wildman–Crippen LogP) is 3.90. The first-order valence-corrected chi connectivity index (χ1v) is 5.47. The second-order valence-electron chi connectivity index (χ2n) is 3.38. The minimum Gasteiger partial charge on any atom is -0.354 e. The summed E-state index contributed by atoms with van der Waals surface area (Å²) in [5, 5.41) is 3.28. The average molecular weight is 263 g/mol. The molecular weight excluding hydrogens is 252 g/mol. The first kappa shape index (κ1) is 10.2. The fourth-order valence-electron chi connectivity index (χ4n) is 1.28.